The summed E-state index contributed by atoms with van der Waals surface area (Å²) >= 11 is 0. The highest BCUT2D eigenvalue weighted by molar-refractivity contribution is 5.11. The summed E-state index contributed by atoms with van der Waals surface area (Å²) in [6.07, 6.45) is 13.4. The Balaban J connectivity index is 1.71. The van der Waals surface area contributed by atoms with E-state index in [0.717, 1.165) is 12.8 Å². The molecule has 94 valence electrons. The number of hydrogen-bond donors (Lipinski definition) is 1. The van der Waals surface area contributed by atoms with Gasteiger partial charge in [-0.15, -0.1) is 0 Å². The molecule has 0 atom stereocenters. The van der Waals surface area contributed by atoms with Crippen molar-refractivity contribution in [3.8, 4) is 0 Å². The number of rotatable bonds is 1. The van der Waals surface area contributed by atoms with Crippen molar-refractivity contribution in [1.82, 2.24) is 9.97 Å². The number of imidazole rings is 1. The van der Waals surface area contributed by atoms with Crippen LogP contribution in [0, 0.1) is 5.41 Å². The zero-order valence-electron chi connectivity index (χ0n) is 10.3. The van der Waals surface area contributed by atoms with E-state index in [2.05, 4.69) is 9.97 Å². The highest BCUT2D eigenvalue weighted by Crippen LogP contribution is 2.53. The van der Waals surface area contributed by atoms with Gasteiger partial charge in [0.15, 0.2) is 5.67 Å². The van der Waals surface area contributed by atoms with Crippen LogP contribution in [0.15, 0.2) is 12.5 Å². The number of aromatic amines is 1. The Morgan fingerprint density at radius 3 is 2.29 bits per heavy atom. The number of nitrogens with zero attached hydrogens (tertiary/aromatic N) is 1. The molecule has 0 saturated heterocycles. The summed E-state index contributed by atoms with van der Waals surface area (Å²) in [4.78, 5) is 6.90. The van der Waals surface area contributed by atoms with Gasteiger partial charge in [-0.05, 0) is 43.9 Å². The Labute approximate surface area is 102 Å². The highest BCUT2D eigenvalue weighted by Gasteiger charge is 2.44. The minimum absolute atomic E-state index is 0.480. The molecule has 0 bridgehead atoms. The van der Waals surface area contributed by atoms with E-state index in [4.69, 9.17) is 0 Å². The third kappa shape index (κ3) is 2.00. The first-order chi connectivity index (χ1) is 8.23. The summed E-state index contributed by atoms with van der Waals surface area (Å²) in [6.45, 7) is 0. The molecule has 0 radical (unpaired) electrons. The van der Waals surface area contributed by atoms with Crippen LogP contribution in [0.2, 0.25) is 0 Å². The molecule has 0 amide bonds. The standard InChI is InChI=1S/C14H21FN2/c15-14(12-10-16-11-17-12)8-6-13(7-9-14)4-2-1-3-5-13/h10-11H,1-9H2,(H,16,17). The fourth-order valence-corrected chi connectivity index (χ4v) is 3.75. The van der Waals surface area contributed by atoms with Crippen LogP contribution in [-0.4, -0.2) is 9.97 Å². The fraction of sp³-hybridized carbons (Fsp3) is 0.786. The van der Waals surface area contributed by atoms with Gasteiger partial charge in [-0.25, -0.2) is 9.37 Å². The summed E-state index contributed by atoms with van der Waals surface area (Å²) < 4.78 is 14.8. The second-order valence-corrected chi connectivity index (χ2v) is 5.99. The average molecular weight is 236 g/mol. The fourth-order valence-electron chi connectivity index (χ4n) is 3.75. The summed E-state index contributed by atoms with van der Waals surface area (Å²) in [6, 6.07) is 0. The van der Waals surface area contributed by atoms with Gasteiger partial charge in [0.2, 0.25) is 0 Å². The van der Waals surface area contributed by atoms with Crippen molar-refractivity contribution < 1.29 is 4.39 Å². The molecule has 3 heteroatoms. The molecule has 1 spiro atoms. The van der Waals surface area contributed by atoms with E-state index >= 15 is 0 Å². The van der Waals surface area contributed by atoms with Crippen LogP contribution in [0.5, 0.6) is 0 Å². The number of hydrogen-bond acceptors (Lipinski definition) is 1. The third-order valence-electron chi connectivity index (χ3n) is 5.00. The smallest absolute Gasteiger partial charge is 0.152 e. The molecule has 2 aliphatic rings. The molecule has 0 unspecified atom stereocenters. The van der Waals surface area contributed by atoms with E-state index in [1.165, 1.54) is 32.1 Å². The maximum atomic E-state index is 14.8. The number of H-pyrrole nitrogens is 1. The first-order valence-electron chi connectivity index (χ1n) is 6.90. The largest absolute Gasteiger partial charge is 0.346 e. The number of nitrogens with one attached hydrogen (secondary N) is 1. The lowest BCUT2D eigenvalue weighted by Crippen LogP contribution is -2.36. The quantitative estimate of drug-likeness (QED) is 0.781. The van der Waals surface area contributed by atoms with Crippen LogP contribution in [0.3, 0.4) is 0 Å². The maximum Gasteiger partial charge on any atom is 0.152 e. The molecule has 2 aliphatic carbocycles. The van der Waals surface area contributed by atoms with Gasteiger partial charge < -0.3 is 4.98 Å². The van der Waals surface area contributed by atoms with E-state index in [0.29, 0.717) is 24.0 Å². The molecule has 1 heterocycles. The van der Waals surface area contributed by atoms with Gasteiger partial charge in [-0.3, -0.25) is 0 Å². The molecular formula is C14H21FN2. The van der Waals surface area contributed by atoms with Crippen molar-refractivity contribution >= 4 is 0 Å². The topological polar surface area (TPSA) is 28.7 Å². The molecule has 17 heavy (non-hydrogen) atoms. The minimum Gasteiger partial charge on any atom is -0.346 e. The lowest BCUT2D eigenvalue weighted by atomic mass is 9.62. The van der Waals surface area contributed by atoms with Gasteiger partial charge in [0.1, 0.15) is 0 Å². The van der Waals surface area contributed by atoms with Crippen molar-refractivity contribution in [2.45, 2.75) is 63.5 Å². The molecule has 1 aromatic heterocycles. The summed E-state index contributed by atoms with van der Waals surface area (Å²) in [5.74, 6) is 0. The third-order valence-corrected chi connectivity index (χ3v) is 5.00. The molecular weight excluding hydrogens is 215 g/mol. The first-order valence-corrected chi connectivity index (χ1v) is 6.90. The van der Waals surface area contributed by atoms with Crippen LogP contribution in [-0.2, 0) is 5.67 Å². The van der Waals surface area contributed by atoms with Crippen molar-refractivity contribution in [3.05, 3.63) is 18.2 Å². The van der Waals surface area contributed by atoms with Crippen molar-refractivity contribution in [1.29, 1.82) is 0 Å². The average Bonchev–Trinajstić information content (AvgIpc) is 2.89. The van der Waals surface area contributed by atoms with Gasteiger partial charge in [-0.1, -0.05) is 19.3 Å². The number of alkyl halides is 1. The summed E-state index contributed by atoms with van der Waals surface area (Å²) in [5, 5.41) is 0. The molecule has 2 saturated carbocycles. The second kappa shape index (κ2) is 4.11. The molecule has 0 aliphatic heterocycles. The van der Waals surface area contributed by atoms with E-state index in [9.17, 15) is 4.39 Å². The van der Waals surface area contributed by atoms with E-state index in [1.54, 1.807) is 12.5 Å². The Morgan fingerprint density at radius 1 is 1.00 bits per heavy atom. The Bertz CT molecular complexity index is 356. The van der Waals surface area contributed by atoms with Crippen molar-refractivity contribution in [2.24, 2.45) is 5.41 Å². The highest BCUT2D eigenvalue weighted by atomic mass is 19.1. The molecule has 2 nitrogen and oxygen atoms in total. The van der Waals surface area contributed by atoms with Gasteiger partial charge >= 0.3 is 0 Å². The van der Waals surface area contributed by atoms with Crippen LogP contribution in [0.25, 0.3) is 0 Å². The number of halogens is 1. The van der Waals surface area contributed by atoms with Crippen molar-refractivity contribution in [2.75, 3.05) is 0 Å². The van der Waals surface area contributed by atoms with E-state index in [-0.39, 0.29) is 0 Å². The molecule has 3 rings (SSSR count). The maximum absolute atomic E-state index is 14.8. The molecule has 1 N–H and O–H groups in total. The predicted octanol–water partition coefficient (Wildman–Crippen LogP) is 4.10. The zero-order valence-corrected chi connectivity index (χ0v) is 10.3. The summed E-state index contributed by atoms with van der Waals surface area (Å²) in [5.41, 5.74) is 0.0238. The monoisotopic (exact) mass is 236 g/mol. The lowest BCUT2D eigenvalue weighted by molar-refractivity contribution is 0.0126. The first kappa shape index (κ1) is 11.2. The summed E-state index contributed by atoms with van der Waals surface area (Å²) in [7, 11) is 0. The van der Waals surface area contributed by atoms with Crippen LogP contribution in [0.1, 0.15) is 63.5 Å². The normalized spacial score (nSPS) is 27.1. The van der Waals surface area contributed by atoms with Gasteiger partial charge in [0, 0.05) is 0 Å². The van der Waals surface area contributed by atoms with E-state index in [1.807, 2.05) is 0 Å². The van der Waals surface area contributed by atoms with Crippen molar-refractivity contribution in [3.63, 3.8) is 0 Å². The minimum atomic E-state index is -1.14. The molecule has 1 aromatic rings. The SMILES string of the molecule is FC1(c2cnc[nH]2)CCC2(CCCCC2)CC1. The lowest BCUT2D eigenvalue weighted by Gasteiger charge is -2.44. The Morgan fingerprint density at radius 2 is 1.71 bits per heavy atom. The van der Waals surface area contributed by atoms with Crippen LogP contribution < -0.4 is 0 Å². The van der Waals surface area contributed by atoms with Gasteiger partial charge in [-0.2, -0.15) is 0 Å². The molecule has 2 fully saturated rings. The second-order valence-electron chi connectivity index (χ2n) is 5.99. The van der Waals surface area contributed by atoms with E-state index < -0.39 is 5.67 Å². The van der Waals surface area contributed by atoms with Gasteiger partial charge in [0.05, 0.1) is 18.2 Å². The van der Waals surface area contributed by atoms with Gasteiger partial charge in [0.25, 0.3) is 0 Å². The predicted molar refractivity (Wildman–Crippen MR) is 65.4 cm³/mol. The Hall–Kier alpha value is -0.860. The number of aromatic nitrogens is 2. The Kier molecular flexibility index (Phi) is 2.72. The van der Waals surface area contributed by atoms with Crippen LogP contribution in [0.4, 0.5) is 4.39 Å². The zero-order chi connectivity index (χ0) is 11.8. The molecule has 0 aromatic carbocycles. The van der Waals surface area contributed by atoms with Crippen LogP contribution >= 0.6 is 0 Å².